The van der Waals surface area contributed by atoms with E-state index in [9.17, 15) is 27.9 Å². The lowest BCUT2D eigenvalue weighted by Crippen LogP contribution is -2.38. The van der Waals surface area contributed by atoms with Crippen LogP contribution in [0.5, 0.6) is 5.75 Å². The molecular formula is C32H29F3N4O5S. The fourth-order valence-corrected chi connectivity index (χ4v) is 6.39. The van der Waals surface area contributed by atoms with Crippen molar-refractivity contribution in [2.45, 2.75) is 45.1 Å². The lowest BCUT2D eigenvalue weighted by atomic mass is 9.97. The number of aryl methyl sites for hydroxylation is 1. The minimum Gasteiger partial charge on any atom is -0.496 e. The summed E-state index contributed by atoms with van der Waals surface area (Å²) in [5.41, 5.74) is 2.38. The van der Waals surface area contributed by atoms with E-state index >= 15 is 0 Å². The number of aromatic nitrogens is 2. The first kappa shape index (κ1) is 30.4. The van der Waals surface area contributed by atoms with Crippen LogP contribution in [0.15, 0.2) is 53.9 Å². The minimum atomic E-state index is -4.54. The average molecular weight is 639 g/mol. The number of methoxy groups -OCH3 is 1. The highest BCUT2D eigenvalue weighted by molar-refractivity contribution is 7.13. The first-order valence-electron chi connectivity index (χ1n) is 14.2. The molecule has 2 fully saturated rings. The molecule has 4 aromatic rings. The number of alkyl halides is 3. The van der Waals surface area contributed by atoms with E-state index in [0.29, 0.717) is 38.7 Å². The highest BCUT2D eigenvalue weighted by Crippen LogP contribution is 2.41. The number of carboxylic acid groups (broad SMARTS) is 1. The Morgan fingerprint density at radius 2 is 1.89 bits per heavy atom. The van der Waals surface area contributed by atoms with Gasteiger partial charge in [-0.05, 0) is 68.3 Å². The Morgan fingerprint density at radius 1 is 1.11 bits per heavy atom. The summed E-state index contributed by atoms with van der Waals surface area (Å²) in [6.45, 7) is 5.04. The molecule has 1 amide bonds. The van der Waals surface area contributed by atoms with E-state index in [1.807, 2.05) is 18.2 Å². The monoisotopic (exact) mass is 638 g/mol. The lowest BCUT2D eigenvalue weighted by Gasteiger charge is -2.33. The highest BCUT2D eigenvalue weighted by Gasteiger charge is 2.41. The Balaban J connectivity index is 1.38. The molecule has 0 unspecified atom stereocenters. The number of thiazole rings is 1. The minimum absolute atomic E-state index is 0.0270. The van der Waals surface area contributed by atoms with Crippen LogP contribution < -0.4 is 9.64 Å². The van der Waals surface area contributed by atoms with Gasteiger partial charge >= 0.3 is 18.2 Å². The van der Waals surface area contributed by atoms with Gasteiger partial charge in [0.25, 0.3) is 0 Å². The zero-order valence-electron chi connectivity index (χ0n) is 24.6. The van der Waals surface area contributed by atoms with Crippen LogP contribution in [0, 0.1) is 6.92 Å². The molecule has 2 aliphatic heterocycles. The van der Waals surface area contributed by atoms with Gasteiger partial charge in [-0.3, -0.25) is 4.90 Å². The summed E-state index contributed by atoms with van der Waals surface area (Å²) in [5.74, 6) is 0.152. The number of benzene rings is 2. The fraction of sp³-hybridized carbons (Fsp3) is 0.312. The summed E-state index contributed by atoms with van der Waals surface area (Å²) >= 11 is 1.20. The zero-order chi connectivity index (χ0) is 32.0. The van der Waals surface area contributed by atoms with Crippen molar-refractivity contribution in [3.63, 3.8) is 0 Å². The number of carboxylic acids is 1. The summed E-state index contributed by atoms with van der Waals surface area (Å²) < 4.78 is 52.1. The SMILES string of the molecule is COc1ccc(-c2nc(C(=O)O)cs2)cc1-c1ccc(N2CCC2)nc1CN1C(=O)O[C@H](c2cc(C)cc(C(F)(F)F)c2)[C@@H]1C. The Labute approximate surface area is 260 Å². The average Bonchev–Trinajstić information content (AvgIpc) is 3.57. The van der Waals surface area contributed by atoms with Crippen LogP contribution in [0.3, 0.4) is 0 Å². The molecular weight excluding hydrogens is 609 g/mol. The normalized spacial score (nSPS) is 18.1. The van der Waals surface area contributed by atoms with Crippen molar-refractivity contribution in [1.82, 2.24) is 14.9 Å². The van der Waals surface area contributed by atoms with Crippen LogP contribution in [0.2, 0.25) is 0 Å². The predicted molar refractivity (Wildman–Crippen MR) is 162 cm³/mol. The Morgan fingerprint density at radius 3 is 2.53 bits per heavy atom. The number of anilines is 1. The Hall–Kier alpha value is -4.65. The van der Waals surface area contributed by atoms with Crippen molar-refractivity contribution in [2.24, 2.45) is 0 Å². The molecule has 13 heteroatoms. The molecule has 45 heavy (non-hydrogen) atoms. The molecule has 0 aliphatic carbocycles. The van der Waals surface area contributed by atoms with E-state index in [2.05, 4.69) is 9.88 Å². The Kier molecular flexibility index (Phi) is 7.89. The number of rotatable bonds is 8. The molecule has 9 nitrogen and oxygen atoms in total. The predicted octanol–water partition coefficient (Wildman–Crippen LogP) is 7.20. The van der Waals surface area contributed by atoms with Crippen molar-refractivity contribution in [1.29, 1.82) is 0 Å². The number of ether oxygens (including phenoxy) is 2. The van der Waals surface area contributed by atoms with Gasteiger partial charge in [0.2, 0.25) is 0 Å². The van der Waals surface area contributed by atoms with Crippen molar-refractivity contribution in [3.8, 4) is 27.4 Å². The maximum Gasteiger partial charge on any atom is 0.416 e. The molecule has 2 atom stereocenters. The maximum absolute atomic E-state index is 13.6. The number of amides is 1. The third-order valence-electron chi connectivity index (χ3n) is 8.07. The van der Waals surface area contributed by atoms with Gasteiger partial charge in [-0.15, -0.1) is 11.3 Å². The van der Waals surface area contributed by atoms with E-state index in [-0.39, 0.29) is 17.8 Å². The quantitative estimate of drug-likeness (QED) is 0.216. The zero-order valence-corrected chi connectivity index (χ0v) is 25.4. The number of halogens is 3. The van der Waals surface area contributed by atoms with Gasteiger partial charge in [0.05, 0.1) is 31.0 Å². The third kappa shape index (κ3) is 5.91. The molecule has 234 valence electrons. The molecule has 0 bridgehead atoms. The number of carbonyl (C=O) groups excluding carboxylic acids is 1. The van der Waals surface area contributed by atoms with Gasteiger partial charge in [-0.2, -0.15) is 13.2 Å². The van der Waals surface area contributed by atoms with Crippen molar-refractivity contribution < 1.29 is 37.3 Å². The molecule has 2 aromatic heterocycles. The molecule has 0 radical (unpaired) electrons. The van der Waals surface area contributed by atoms with Crippen molar-refractivity contribution in [2.75, 3.05) is 25.1 Å². The van der Waals surface area contributed by atoms with Gasteiger partial charge in [0, 0.05) is 35.2 Å². The molecule has 2 saturated heterocycles. The van der Waals surface area contributed by atoms with Crippen LogP contribution in [-0.4, -0.2) is 58.3 Å². The van der Waals surface area contributed by atoms with Gasteiger partial charge in [-0.1, -0.05) is 11.6 Å². The van der Waals surface area contributed by atoms with Gasteiger partial charge in [0.15, 0.2) is 5.69 Å². The summed E-state index contributed by atoms with van der Waals surface area (Å²) in [6.07, 6.45) is -5.07. The van der Waals surface area contributed by atoms with Crippen LogP contribution in [0.1, 0.15) is 52.3 Å². The summed E-state index contributed by atoms with van der Waals surface area (Å²) in [6, 6.07) is 12.3. The van der Waals surface area contributed by atoms with Crippen molar-refractivity contribution >= 4 is 29.2 Å². The van der Waals surface area contributed by atoms with E-state index in [4.69, 9.17) is 14.5 Å². The largest absolute Gasteiger partial charge is 0.496 e. The third-order valence-corrected chi connectivity index (χ3v) is 8.96. The summed E-state index contributed by atoms with van der Waals surface area (Å²) in [5, 5.41) is 11.3. The second kappa shape index (κ2) is 11.7. The second-order valence-electron chi connectivity index (χ2n) is 11.1. The highest BCUT2D eigenvalue weighted by atomic mass is 32.1. The van der Waals surface area contributed by atoms with Crippen LogP contribution in [-0.2, 0) is 17.5 Å². The van der Waals surface area contributed by atoms with Crippen molar-refractivity contribution in [3.05, 3.63) is 82.0 Å². The number of aromatic carboxylic acids is 1. The van der Waals surface area contributed by atoms with Gasteiger partial charge in [0.1, 0.15) is 22.7 Å². The van der Waals surface area contributed by atoms with E-state index in [1.165, 1.54) is 28.7 Å². The number of cyclic esters (lactones) is 1. The van der Waals surface area contributed by atoms with Crippen LogP contribution in [0.4, 0.5) is 23.8 Å². The Bertz CT molecular complexity index is 1790. The van der Waals surface area contributed by atoms with E-state index in [0.717, 1.165) is 37.5 Å². The molecule has 6 rings (SSSR count). The first-order valence-corrected chi connectivity index (χ1v) is 15.1. The van der Waals surface area contributed by atoms with E-state index < -0.39 is 35.9 Å². The fourth-order valence-electron chi connectivity index (χ4n) is 5.59. The smallest absolute Gasteiger partial charge is 0.416 e. The molecule has 1 N–H and O–H groups in total. The van der Waals surface area contributed by atoms with Crippen LogP contribution in [0.25, 0.3) is 21.7 Å². The molecule has 0 spiro atoms. The van der Waals surface area contributed by atoms with Gasteiger partial charge in [-0.25, -0.2) is 19.6 Å². The van der Waals surface area contributed by atoms with E-state index in [1.54, 1.807) is 32.0 Å². The van der Waals surface area contributed by atoms with Crippen LogP contribution >= 0.6 is 11.3 Å². The number of hydrogen-bond donors (Lipinski definition) is 1. The maximum atomic E-state index is 13.6. The molecule has 4 heterocycles. The topological polar surface area (TPSA) is 105 Å². The van der Waals surface area contributed by atoms with Gasteiger partial charge < -0.3 is 19.5 Å². The number of nitrogens with zero attached hydrogens (tertiary/aromatic N) is 4. The molecule has 2 aromatic carbocycles. The number of pyridine rings is 1. The second-order valence-corrected chi connectivity index (χ2v) is 11.9. The first-order chi connectivity index (χ1) is 21.4. The number of carbonyl (C=O) groups is 2. The summed E-state index contributed by atoms with van der Waals surface area (Å²) in [7, 11) is 1.54. The standard InChI is InChI=1S/C32H29F3N4O5S/c1-17-11-20(13-21(12-17)32(33,34)35)28-18(2)39(31(42)44-28)15-24-22(6-8-27(36-24)38-9-4-10-38)23-14-19(5-7-26(23)43-3)29-37-25(16-45-29)30(40)41/h5-8,11-14,16,18,28H,4,9-10,15H2,1-3H3,(H,40,41)/t18-,28-/m0/s1. The molecule has 0 saturated carbocycles. The number of hydrogen-bond acceptors (Lipinski definition) is 8. The lowest BCUT2D eigenvalue weighted by molar-refractivity contribution is -0.137. The molecule has 2 aliphatic rings. The summed E-state index contributed by atoms with van der Waals surface area (Å²) in [4.78, 5) is 37.5.